The Balaban J connectivity index is 1.94. The van der Waals surface area contributed by atoms with Gasteiger partial charge < -0.3 is 5.73 Å². The zero-order chi connectivity index (χ0) is 14.7. The van der Waals surface area contributed by atoms with Crippen LogP contribution < -0.4 is 5.73 Å². The Hall–Kier alpha value is -2.45. The van der Waals surface area contributed by atoms with Crippen LogP contribution in [0.4, 0.5) is 4.39 Å². The van der Waals surface area contributed by atoms with Gasteiger partial charge in [-0.2, -0.15) is 0 Å². The number of halogens is 1. The van der Waals surface area contributed by atoms with Gasteiger partial charge in [-0.1, -0.05) is 66.7 Å². The van der Waals surface area contributed by atoms with Crippen molar-refractivity contribution in [3.05, 3.63) is 84.2 Å². The van der Waals surface area contributed by atoms with Crippen LogP contribution in [0, 0.1) is 5.82 Å². The molecule has 3 aromatic rings. The van der Waals surface area contributed by atoms with Crippen molar-refractivity contribution in [3.63, 3.8) is 0 Å². The first kappa shape index (κ1) is 13.5. The van der Waals surface area contributed by atoms with E-state index in [0.717, 1.165) is 22.3 Å². The zero-order valence-electron chi connectivity index (χ0n) is 11.6. The van der Waals surface area contributed by atoms with Crippen molar-refractivity contribution in [2.24, 2.45) is 5.73 Å². The number of rotatable bonds is 3. The molecule has 0 saturated carbocycles. The van der Waals surface area contributed by atoms with Crippen LogP contribution in [0.25, 0.3) is 22.3 Å². The SMILES string of the molecule is NCc1ccc(-c2ccc(-c3ccccc3)cc2)c(F)c1. The van der Waals surface area contributed by atoms with Crippen LogP contribution in [0.2, 0.25) is 0 Å². The third kappa shape index (κ3) is 2.86. The molecule has 0 aliphatic rings. The Labute approximate surface area is 123 Å². The van der Waals surface area contributed by atoms with Gasteiger partial charge in [-0.15, -0.1) is 0 Å². The standard InChI is InChI=1S/C19H16FN/c20-19-12-14(13-21)6-11-18(19)17-9-7-16(8-10-17)15-4-2-1-3-5-15/h1-12H,13,21H2. The summed E-state index contributed by atoms with van der Waals surface area (Å²) in [6.45, 7) is 0.351. The lowest BCUT2D eigenvalue weighted by atomic mass is 9.99. The summed E-state index contributed by atoms with van der Waals surface area (Å²) in [5.41, 5.74) is 10.1. The van der Waals surface area contributed by atoms with Crippen molar-refractivity contribution in [2.45, 2.75) is 6.54 Å². The average molecular weight is 277 g/mol. The number of hydrogen-bond donors (Lipinski definition) is 1. The van der Waals surface area contributed by atoms with E-state index in [4.69, 9.17) is 5.73 Å². The highest BCUT2D eigenvalue weighted by Crippen LogP contribution is 2.27. The van der Waals surface area contributed by atoms with Crippen LogP contribution in [0.15, 0.2) is 72.8 Å². The summed E-state index contributed by atoms with van der Waals surface area (Å²) in [7, 11) is 0. The molecule has 104 valence electrons. The molecule has 0 atom stereocenters. The lowest BCUT2D eigenvalue weighted by Crippen LogP contribution is -1.97. The van der Waals surface area contributed by atoms with Gasteiger partial charge in [-0.3, -0.25) is 0 Å². The van der Waals surface area contributed by atoms with Crippen LogP contribution in [0.3, 0.4) is 0 Å². The van der Waals surface area contributed by atoms with Gasteiger partial charge in [0.05, 0.1) is 0 Å². The van der Waals surface area contributed by atoms with Crippen LogP contribution in [-0.4, -0.2) is 0 Å². The molecule has 0 aromatic heterocycles. The molecule has 0 aliphatic heterocycles. The van der Waals surface area contributed by atoms with E-state index in [-0.39, 0.29) is 5.82 Å². The minimum absolute atomic E-state index is 0.231. The largest absolute Gasteiger partial charge is 0.326 e. The monoisotopic (exact) mass is 277 g/mol. The van der Waals surface area contributed by atoms with Crippen molar-refractivity contribution in [1.29, 1.82) is 0 Å². The van der Waals surface area contributed by atoms with Gasteiger partial charge in [0.2, 0.25) is 0 Å². The molecule has 0 aliphatic carbocycles. The molecule has 0 saturated heterocycles. The van der Waals surface area contributed by atoms with E-state index >= 15 is 0 Å². The molecule has 0 fully saturated rings. The first-order valence-corrected chi connectivity index (χ1v) is 6.92. The molecule has 21 heavy (non-hydrogen) atoms. The zero-order valence-corrected chi connectivity index (χ0v) is 11.6. The molecule has 2 heteroatoms. The fourth-order valence-electron chi connectivity index (χ4n) is 2.39. The van der Waals surface area contributed by atoms with E-state index in [1.54, 1.807) is 6.07 Å². The van der Waals surface area contributed by atoms with E-state index in [9.17, 15) is 4.39 Å². The van der Waals surface area contributed by atoms with E-state index in [0.29, 0.717) is 12.1 Å². The quantitative estimate of drug-likeness (QED) is 0.742. The Morgan fingerprint density at radius 2 is 1.33 bits per heavy atom. The Morgan fingerprint density at radius 1 is 0.714 bits per heavy atom. The summed E-state index contributed by atoms with van der Waals surface area (Å²) < 4.78 is 14.1. The maximum atomic E-state index is 14.1. The summed E-state index contributed by atoms with van der Waals surface area (Å²) in [6, 6.07) is 23.2. The third-order valence-corrected chi connectivity index (χ3v) is 3.57. The summed E-state index contributed by atoms with van der Waals surface area (Å²) in [5, 5.41) is 0. The van der Waals surface area contributed by atoms with Crippen molar-refractivity contribution >= 4 is 0 Å². The molecule has 0 spiro atoms. The van der Waals surface area contributed by atoms with Gasteiger partial charge in [-0.05, 0) is 28.3 Å². The van der Waals surface area contributed by atoms with Gasteiger partial charge >= 0.3 is 0 Å². The van der Waals surface area contributed by atoms with E-state index in [1.807, 2.05) is 48.5 Å². The van der Waals surface area contributed by atoms with Crippen molar-refractivity contribution in [2.75, 3.05) is 0 Å². The maximum Gasteiger partial charge on any atom is 0.131 e. The van der Waals surface area contributed by atoms with Gasteiger partial charge in [0.1, 0.15) is 5.82 Å². The molecule has 0 bridgehead atoms. The summed E-state index contributed by atoms with van der Waals surface area (Å²) in [6.07, 6.45) is 0. The molecular weight excluding hydrogens is 261 g/mol. The predicted molar refractivity (Wildman–Crippen MR) is 85.2 cm³/mol. The molecular formula is C19H16FN. The molecule has 0 amide bonds. The third-order valence-electron chi connectivity index (χ3n) is 3.57. The molecule has 0 heterocycles. The maximum absolute atomic E-state index is 14.1. The van der Waals surface area contributed by atoms with Crippen LogP contribution in [-0.2, 0) is 6.54 Å². The van der Waals surface area contributed by atoms with Gasteiger partial charge in [0, 0.05) is 12.1 Å². The van der Waals surface area contributed by atoms with Crippen molar-refractivity contribution in [3.8, 4) is 22.3 Å². The van der Waals surface area contributed by atoms with E-state index in [1.165, 1.54) is 6.07 Å². The first-order chi connectivity index (χ1) is 10.3. The minimum Gasteiger partial charge on any atom is -0.326 e. The molecule has 1 nitrogen and oxygen atoms in total. The molecule has 2 N–H and O–H groups in total. The van der Waals surface area contributed by atoms with Crippen LogP contribution in [0.1, 0.15) is 5.56 Å². The Kier molecular flexibility index (Phi) is 3.80. The molecule has 0 unspecified atom stereocenters. The number of benzene rings is 3. The van der Waals surface area contributed by atoms with Crippen LogP contribution >= 0.6 is 0 Å². The summed E-state index contributed by atoms with van der Waals surface area (Å²) >= 11 is 0. The number of nitrogens with two attached hydrogens (primary N) is 1. The fraction of sp³-hybridized carbons (Fsp3) is 0.0526. The Morgan fingerprint density at radius 3 is 1.95 bits per heavy atom. The Bertz CT molecular complexity index is 733. The summed E-state index contributed by atoms with van der Waals surface area (Å²) in [4.78, 5) is 0. The molecule has 3 rings (SSSR count). The van der Waals surface area contributed by atoms with Gasteiger partial charge in [0.25, 0.3) is 0 Å². The highest BCUT2D eigenvalue weighted by molar-refractivity contribution is 5.70. The topological polar surface area (TPSA) is 26.0 Å². The van der Waals surface area contributed by atoms with Crippen molar-refractivity contribution < 1.29 is 4.39 Å². The lowest BCUT2D eigenvalue weighted by molar-refractivity contribution is 0.629. The second kappa shape index (κ2) is 5.90. The second-order valence-corrected chi connectivity index (χ2v) is 4.96. The first-order valence-electron chi connectivity index (χ1n) is 6.92. The molecule has 0 radical (unpaired) electrons. The van der Waals surface area contributed by atoms with Gasteiger partial charge in [0.15, 0.2) is 0 Å². The summed E-state index contributed by atoms with van der Waals surface area (Å²) in [5.74, 6) is -0.231. The van der Waals surface area contributed by atoms with Crippen LogP contribution in [0.5, 0.6) is 0 Å². The minimum atomic E-state index is -0.231. The second-order valence-electron chi connectivity index (χ2n) is 4.96. The highest BCUT2D eigenvalue weighted by Gasteiger charge is 2.06. The fourth-order valence-corrected chi connectivity index (χ4v) is 2.39. The highest BCUT2D eigenvalue weighted by atomic mass is 19.1. The van der Waals surface area contributed by atoms with E-state index < -0.39 is 0 Å². The number of hydrogen-bond acceptors (Lipinski definition) is 1. The predicted octanol–water partition coefficient (Wildman–Crippen LogP) is 4.62. The lowest BCUT2D eigenvalue weighted by Gasteiger charge is -2.07. The average Bonchev–Trinajstić information content (AvgIpc) is 2.56. The van der Waals surface area contributed by atoms with Crippen molar-refractivity contribution in [1.82, 2.24) is 0 Å². The van der Waals surface area contributed by atoms with Gasteiger partial charge in [-0.25, -0.2) is 4.39 Å². The molecule has 3 aromatic carbocycles. The van der Waals surface area contributed by atoms with E-state index in [2.05, 4.69) is 12.1 Å². The normalized spacial score (nSPS) is 10.6. The smallest absolute Gasteiger partial charge is 0.131 e.